The lowest BCUT2D eigenvalue weighted by Gasteiger charge is -2.41. The van der Waals surface area contributed by atoms with E-state index in [1.807, 2.05) is 4.90 Å². The van der Waals surface area contributed by atoms with Gasteiger partial charge in [-0.2, -0.15) is 0 Å². The number of amides is 1. The Bertz CT molecular complexity index is 226. The summed E-state index contributed by atoms with van der Waals surface area (Å²) < 4.78 is 0. The summed E-state index contributed by atoms with van der Waals surface area (Å²) in [6.07, 6.45) is 6.95. The van der Waals surface area contributed by atoms with Crippen LogP contribution in [0.3, 0.4) is 0 Å². The van der Waals surface area contributed by atoms with Gasteiger partial charge in [-0.1, -0.05) is 26.7 Å². The first-order chi connectivity index (χ1) is 8.17. The maximum absolute atomic E-state index is 11.9. The molecule has 0 radical (unpaired) electrons. The molecule has 0 aromatic carbocycles. The van der Waals surface area contributed by atoms with E-state index in [2.05, 4.69) is 13.8 Å². The summed E-state index contributed by atoms with van der Waals surface area (Å²) in [5, 5.41) is 8.70. The molecule has 1 aliphatic heterocycles. The Morgan fingerprint density at radius 3 is 2.24 bits per heavy atom. The largest absolute Gasteiger partial charge is 0.396 e. The minimum atomic E-state index is 0.196. The van der Waals surface area contributed by atoms with Gasteiger partial charge in [-0.3, -0.25) is 4.79 Å². The van der Waals surface area contributed by atoms with Gasteiger partial charge in [0.05, 0.1) is 0 Å². The first kappa shape index (κ1) is 14.5. The van der Waals surface area contributed by atoms with Crippen molar-refractivity contribution in [3.8, 4) is 0 Å². The second kappa shape index (κ2) is 7.00. The highest BCUT2D eigenvalue weighted by molar-refractivity contribution is 5.76. The number of hydrogen-bond donors (Lipinski definition) is 1. The first-order valence-electron chi connectivity index (χ1n) is 7.06. The van der Waals surface area contributed by atoms with Crippen LogP contribution in [0.2, 0.25) is 0 Å². The molecule has 1 saturated heterocycles. The van der Waals surface area contributed by atoms with Gasteiger partial charge in [-0.05, 0) is 31.1 Å². The first-order valence-corrected chi connectivity index (χ1v) is 7.06. The fourth-order valence-electron chi connectivity index (χ4n) is 2.73. The number of rotatable bonds is 6. The normalized spacial score (nSPS) is 19.4. The van der Waals surface area contributed by atoms with Crippen molar-refractivity contribution in [3.63, 3.8) is 0 Å². The number of likely N-dealkylation sites (tertiary alicyclic amines) is 1. The van der Waals surface area contributed by atoms with Gasteiger partial charge in [0, 0.05) is 26.1 Å². The molecule has 1 aliphatic rings. The molecule has 1 heterocycles. The topological polar surface area (TPSA) is 40.5 Å². The lowest BCUT2D eigenvalue weighted by atomic mass is 9.74. The van der Waals surface area contributed by atoms with Gasteiger partial charge in [0.25, 0.3) is 0 Å². The van der Waals surface area contributed by atoms with Gasteiger partial charge in [0.1, 0.15) is 0 Å². The van der Waals surface area contributed by atoms with E-state index >= 15 is 0 Å². The van der Waals surface area contributed by atoms with Crippen molar-refractivity contribution in [3.05, 3.63) is 0 Å². The zero-order valence-electron chi connectivity index (χ0n) is 11.4. The molecule has 100 valence electrons. The predicted molar refractivity (Wildman–Crippen MR) is 69.8 cm³/mol. The number of hydrogen-bond acceptors (Lipinski definition) is 2. The van der Waals surface area contributed by atoms with Crippen molar-refractivity contribution < 1.29 is 9.90 Å². The maximum atomic E-state index is 11.9. The number of unbranched alkanes of at least 4 members (excludes halogenated alkanes) is 1. The Labute approximate surface area is 105 Å². The Hall–Kier alpha value is -0.570. The number of piperidine rings is 1. The SMILES string of the molecule is CCC1(CC)CCN(C(=O)CCCCO)CC1. The van der Waals surface area contributed by atoms with E-state index in [-0.39, 0.29) is 12.5 Å². The lowest BCUT2D eigenvalue weighted by Crippen LogP contribution is -2.42. The summed E-state index contributed by atoms with van der Waals surface area (Å²) in [4.78, 5) is 13.9. The van der Waals surface area contributed by atoms with Crippen LogP contribution in [0.5, 0.6) is 0 Å². The lowest BCUT2D eigenvalue weighted by molar-refractivity contribution is -0.133. The number of nitrogens with zero attached hydrogens (tertiary/aromatic N) is 1. The van der Waals surface area contributed by atoms with Gasteiger partial charge in [0.2, 0.25) is 5.91 Å². The molecule has 17 heavy (non-hydrogen) atoms. The van der Waals surface area contributed by atoms with Crippen molar-refractivity contribution >= 4 is 5.91 Å². The third kappa shape index (κ3) is 3.98. The minimum absolute atomic E-state index is 0.196. The Morgan fingerprint density at radius 2 is 1.76 bits per heavy atom. The van der Waals surface area contributed by atoms with E-state index in [1.165, 1.54) is 12.8 Å². The van der Waals surface area contributed by atoms with Crippen LogP contribution in [0.15, 0.2) is 0 Å². The van der Waals surface area contributed by atoms with Crippen LogP contribution in [0, 0.1) is 5.41 Å². The van der Waals surface area contributed by atoms with Crippen molar-refractivity contribution in [2.45, 2.75) is 58.8 Å². The molecular formula is C14H27NO2. The molecule has 1 amide bonds. The van der Waals surface area contributed by atoms with Crippen LogP contribution in [0.1, 0.15) is 58.8 Å². The van der Waals surface area contributed by atoms with Gasteiger partial charge in [-0.25, -0.2) is 0 Å². The van der Waals surface area contributed by atoms with Gasteiger partial charge in [0.15, 0.2) is 0 Å². The van der Waals surface area contributed by atoms with Crippen LogP contribution in [0.4, 0.5) is 0 Å². The van der Waals surface area contributed by atoms with E-state index in [1.54, 1.807) is 0 Å². The van der Waals surface area contributed by atoms with Crippen LogP contribution < -0.4 is 0 Å². The molecule has 0 aromatic heterocycles. The predicted octanol–water partition coefficient (Wildman–Crippen LogP) is 2.58. The van der Waals surface area contributed by atoms with Crippen LogP contribution in [0.25, 0.3) is 0 Å². The molecule has 0 bridgehead atoms. The van der Waals surface area contributed by atoms with Crippen molar-refractivity contribution in [2.24, 2.45) is 5.41 Å². The standard InChI is InChI=1S/C14H27NO2/c1-3-14(4-2)8-10-15(11-9-14)13(17)7-5-6-12-16/h16H,3-12H2,1-2H3. The molecule has 1 fully saturated rings. The minimum Gasteiger partial charge on any atom is -0.396 e. The second-order valence-electron chi connectivity index (χ2n) is 5.27. The molecule has 3 nitrogen and oxygen atoms in total. The van der Waals surface area contributed by atoms with E-state index in [4.69, 9.17) is 5.11 Å². The van der Waals surface area contributed by atoms with Crippen LogP contribution in [-0.2, 0) is 4.79 Å². The summed E-state index contributed by atoms with van der Waals surface area (Å²) in [7, 11) is 0. The number of carbonyl (C=O) groups excluding carboxylic acids is 1. The molecule has 0 atom stereocenters. The van der Waals surface area contributed by atoms with Gasteiger partial charge < -0.3 is 10.0 Å². The summed E-state index contributed by atoms with van der Waals surface area (Å²) in [6, 6.07) is 0. The molecule has 1 rings (SSSR count). The Balaban J connectivity index is 2.33. The molecule has 0 unspecified atom stereocenters. The fourth-order valence-corrected chi connectivity index (χ4v) is 2.73. The maximum Gasteiger partial charge on any atom is 0.222 e. The van der Waals surface area contributed by atoms with Crippen molar-refractivity contribution in [1.29, 1.82) is 0 Å². The second-order valence-corrected chi connectivity index (χ2v) is 5.27. The number of aliphatic hydroxyl groups is 1. The molecule has 0 spiro atoms. The van der Waals surface area contributed by atoms with Crippen molar-refractivity contribution in [1.82, 2.24) is 4.90 Å². The zero-order chi connectivity index (χ0) is 12.7. The fraction of sp³-hybridized carbons (Fsp3) is 0.929. The summed E-state index contributed by atoms with van der Waals surface area (Å²) >= 11 is 0. The highest BCUT2D eigenvalue weighted by Gasteiger charge is 2.32. The monoisotopic (exact) mass is 241 g/mol. The van der Waals surface area contributed by atoms with E-state index in [9.17, 15) is 4.79 Å². The zero-order valence-corrected chi connectivity index (χ0v) is 11.4. The quantitative estimate of drug-likeness (QED) is 0.726. The summed E-state index contributed by atoms with van der Waals surface area (Å²) in [6.45, 7) is 6.59. The average molecular weight is 241 g/mol. The van der Waals surface area contributed by atoms with E-state index in [0.717, 1.165) is 38.8 Å². The highest BCUT2D eigenvalue weighted by Crippen LogP contribution is 2.37. The Kier molecular flexibility index (Phi) is 5.96. The van der Waals surface area contributed by atoms with Crippen LogP contribution >= 0.6 is 0 Å². The molecule has 1 N–H and O–H groups in total. The summed E-state index contributed by atoms with van der Waals surface area (Å²) in [5.41, 5.74) is 0.488. The molecule has 3 heteroatoms. The van der Waals surface area contributed by atoms with Crippen LogP contribution in [-0.4, -0.2) is 35.6 Å². The third-order valence-electron chi connectivity index (χ3n) is 4.48. The van der Waals surface area contributed by atoms with E-state index < -0.39 is 0 Å². The summed E-state index contributed by atoms with van der Waals surface area (Å²) in [5.74, 6) is 0.277. The van der Waals surface area contributed by atoms with Gasteiger partial charge >= 0.3 is 0 Å². The van der Waals surface area contributed by atoms with Crippen molar-refractivity contribution in [2.75, 3.05) is 19.7 Å². The number of carbonyl (C=O) groups is 1. The van der Waals surface area contributed by atoms with Gasteiger partial charge in [-0.15, -0.1) is 0 Å². The highest BCUT2D eigenvalue weighted by atomic mass is 16.3. The number of aliphatic hydroxyl groups excluding tert-OH is 1. The molecule has 0 aromatic rings. The smallest absolute Gasteiger partial charge is 0.222 e. The van der Waals surface area contributed by atoms with E-state index in [0.29, 0.717) is 11.8 Å². The molecular weight excluding hydrogens is 214 g/mol. The molecule has 0 saturated carbocycles. The Morgan fingerprint density at radius 1 is 1.18 bits per heavy atom. The third-order valence-corrected chi connectivity index (χ3v) is 4.48. The molecule has 0 aliphatic carbocycles. The average Bonchev–Trinajstić information content (AvgIpc) is 2.39.